The van der Waals surface area contributed by atoms with Crippen LogP contribution in [0.25, 0.3) is 12.2 Å². The van der Waals surface area contributed by atoms with Gasteiger partial charge in [-0.05, 0) is 69.0 Å². The molecule has 2 heterocycles. The molecule has 0 N–H and O–H groups in total. The molecule has 31 heavy (non-hydrogen) atoms. The fourth-order valence-electron chi connectivity index (χ4n) is 3.81. The third-order valence-electron chi connectivity index (χ3n) is 5.66. The van der Waals surface area contributed by atoms with Crippen molar-refractivity contribution >= 4 is 72.5 Å². The summed E-state index contributed by atoms with van der Waals surface area (Å²) in [4.78, 5) is 15.4. The summed E-state index contributed by atoms with van der Waals surface area (Å²) in [5.41, 5.74) is 1.16. The normalized spacial score (nSPS) is 12.6. The zero-order chi connectivity index (χ0) is 22.5. The lowest BCUT2D eigenvalue weighted by atomic mass is 9.90. The third-order valence-corrected chi connectivity index (χ3v) is 9.11. The Kier molecular flexibility index (Phi) is 13.6. The molecule has 0 aliphatic heterocycles. The van der Waals surface area contributed by atoms with E-state index in [4.69, 9.17) is 0 Å². The van der Waals surface area contributed by atoms with Gasteiger partial charge in [-0.3, -0.25) is 4.79 Å². The van der Waals surface area contributed by atoms with Crippen LogP contribution in [0.3, 0.4) is 0 Å². The molecule has 0 bridgehead atoms. The predicted octanol–water partition coefficient (Wildman–Crippen LogP) is 11.0. The van der Waals surface area contributed by atoms with Crippen molar-refractivity contribution in [2.75, 3.05) is 0 Å². The molecule has 1 nitrogen and oxygen atoms in total. The first-order chi connectivity index (χ1) is 15.0. The van der Waals surface area contributed by atoms with E-state index in [1.807, 2.05) is 6.07 Å². The zero-order valence-corrected chi connectivity index (χ0v) is 23.7. The van der Waals surface area contributed by atoms with Gasteiger partial charge in [-0.2, -0.15) is 0 Å². The highest BCUT2D eigenvalue weighted by molar-refractivity contribution is 9.12. The molecule has 0 spiro atoms. The zero-order valence-electron chi connectivity index (χ0n) is 18.9. The first-order valence-corrected chi connectivity index (χ1v) is 15.0. The Morgan fingerprint density at radius 2 is 1.48 bits per heavy atom. The summed E-state index contributed by atoms with van der Waals surface area (Å²) < 4.78 is 2.23. The van der Waals surface area contributed by atoms with Crippen LogP contribution in [0, 0.1) is 5.92 Å². The molecule has 0 aliphatic carbocycles. The van der Waals surface area contributed by atoms with Gasteiger partial charge < -0.3 is 0 Å². The average molecular weight is 589 g/mol. The largest absolute Gasteiger partial charge is 0.293 e. The van der Waals surface area contributed by atoms with E-state index < -0.39 is 0 Å². The number of thiophene rings is 2. The summed E-state index contributed by atoms with van der Waals surface area (Å²) in [6.07, 6.45) is 19.0. The second-order valence-electron chi connectivity index (χ2n) is 8.28. The molecule has 0 fully saturated rings. The summed E-state index contributed by atoms with van der Waals surface area (Å²) in [5, 5.41) is 0. The highest BCUT2D eigenvalue weighted by Crippen LogP contribution is 2.34. The maximum absolute atomic E-state index is 13.3. The monoisotopic (exact) mass is 586 g/mol. The van der Waals surface area contributed by atoms with Crippen molar-refractivity contribution in [1.29, 1.82) is 0 Å². The van der Waals surface area contributed by atoms with Crippen LogP contribution in [-0.4, -0.2) is 5.78 Å². The van der Waals surface area contributed by atoms with E-state index in [2.05, 4.69) is 70.0 Å². The maximum Gasteiger partial charge on any atom is 0.175 e. The lowest BCUT2D eigenvalue weighted by Gasteiger charge is -2.15. The summed E-state index contributed by atoms with van der Waals surface area (Å²) in [7, 11) is 0. The van der Waals surface area contributed by atoms with Gasteiger partial charge in [0.05, 0.1) is 12.4 Å². The van der Waals surface area contributed by atoms with Gasteiger partial charge in [-0.1, -0.05) is 84.1 Å². The maximum atomic E-state index is 13.3. The van der Waals surface area contributed by atoms with E-state index in [1.54, 1.807) is 22.7 Å². The molecule has 1 unspecified atom stereocenters. The molecule has 2 rings (SSSR count). The Morgan fingerprint density at radius 3 is 2.10 bits per heavy atom. The van der Waals surface area contributed by atoms with Gasteiger partial charge in [0.15, 0.2) is 5.78 Å². The smallest absolute Gasteiger partial charge is 0.175 e. The van der Waals surface area contributed by atoms with Crippen molar-refractivity contribution < 1.29 is 4.79 Å². The van der Waals surface area contributed by atoms with Gasteiger partial charge in [-0.25, -0.2) is 0 Å². The van der Waals surface area contributed by atoms with Crippen LogP contribution in [0.4, 0.5) is 0 Å². The molecule has 0 amide bonds. The van der Waals surface area contributed by atoms with E-state index in [0.29, 0.717) is 5.78 Å². The first kappa shape index (κ1) is 27.0. The van der Waals surface area contributed by atoms with Crippen LogP contribution in [-0.2, 0) is 0 Å². The van der Waals surface area contributed by atoms with Gasteiger partial charge in [0, 0.05) is 16.4 Å². The number of rotatable bonds is 16. The van der Waals surface area contributed by atoms with Crippen LogP contribution >= 0.6 is 54.5 Å². The van der Waals surface area contributed by atoms with Crippen LogP contribution < -0.4 is 0 Å². The quantitative estimate of drug-likeness (QED) is 0.141. The van der Waals surface area contributed by atoms with Crippen molar-refractivity contribution in [3.8, 4) is 0 Å². The second-order valence-corrected chi connectivity index (χ2v) is 13.1. The number of carbonyl (C=O) groups excluding carboxylic acids is 1. The van der Waals surface area contributed by atoms with Gasteiger partial charge in [0.25, 0.3) is 0 Å². The predicted molar refractivity (Wildman–Crippen MR) is 148 cm³/mol. The summed E-state index contributed by atoms with van der Waals surface area (Å²) in [5.74, 6) is 0.564. The van der Waals surface area contributed by atoms with E-state index in [0.717, 1.165) is 35.7 Å². The van der Waals surface area contributed by atoms with Crippen LogP contribution in [0.15, 0.2) is 25.8 Å². The molecule has 5 heteroatoms. The highest BCUT2D eigenvalue weighted by atomic mass is 79.9. The molecule has 0 aliphatic rings. The van der Waals surface area contributed by atoms with E-state index in [1.165, 1.54) is 64.2 Å². The van der Waals surface area contributed by atoms with Crippen molar-refractivity contribution in [2.45, 2.75) is 90.9 Å². The van der Waals surface area contributed by atoms with Crippen molar-refractivity contribution in [3.63, 3.8) is 0 Å². The molecule has 0 saturated heterocycles. The standard InChI is InChI=1S/C26H36Br2OS2/c1-3-5-7-9-10-12-14-20(13-11-8-6-4-2)25(29)23-18-17-22(30-23)16-15-21-19-24(27)31-26(21)28/h15-20H,3-14H2,1-2H3/b16-15+. The van der Waals surface area contributed by atoms with Crippen LogP contribution in [0.2, 0.25) is 0 Å². The molecular weight excluding hydrogens is 552 g/mol. The van der Waals surface area contributed by atoms with Crippen LogP contribution in [0.5, 0.6) is 0 Å². The number of carbonyl (C=O) groups is 1. The minimum atomic E-state index is 0.195. The molecule has 0 saturated carbocycles. The lowest BCUT2D eigenvalue weighted by Crippen LogP contribution is -2.14. The number of halogens is 2. The number of unbranched alkanes of at least 4 members (excludes halogenated alkanes) is 8. The van der Waals surface area contributed by atoms with Gasteiger partial charge >= 0.3 is 0 Å². The van der Waals surface area contributed by atoms with Crippen LogP contribution in [0.1, 0.15) is 111 Å². The molecule has 172 valence electrons. The molecule has 0 aromatic carbocycles. The topological polar surface area (TPSA) is 17.1 Å². The minimum Gasteiger partial charge on any atom is -0.293 e. The van der Waals surface area contributed by atoms with Gasteiger partial charge in [0.1, 0.15) is 0 Å². The number of Topliss-reactive ketones (excluding diaryl/α,β-unsaturated/α-hetero) is 1. The lowest BCUT2D eigenvalue weighted by molar-refractivity contribution is 0.0906. The summed E-state index contributed by atoms with van der Waals surface area (Å²) in [6, 6.07) is 6.23. The second kappa shape index (κ2) is 15.6. The Morgan fingerprint density at radius 1 is 0.871 bits per heavy atom. The van der Waals surface area contributed by atoms with E-state index in [9.17, 15) is 4.79 Å². The van der Waals surface area contributed by atoms with Gasteiger partial charge in [-0.15, -0.1) is 22.7 Å². The molecule has 0 radical (unpaired) electrons. The SMILES string of the molecule is CCCCCCCCC(CCCCCC)C(=O)c1ccc(/C=C/c2cc(Br)sc2Br)s1. The number of ketones is 1. The molecule has 2 aromatic heterocycles. The fraction of sp³-hybridized carbons (Fsp3) is 0.577. The Bertz CT molecular complexity index is 806. The highest BCUT2D eigenvalue weighted by Gasteiger charge is 2.21. The minimum absolute atomic E-state index is 0.195. The Hall–Kier alpha value is -0.230. The third kappa shape index (κ3) is 10.1. The van der Waals surface area contributed by atoms with E-state index >= 15 is 0 Å². The number of hydrogen-bond donors (Lipinski definition) is 0. The summed E-state index contributed by atoms with van der Waals surface area (Å²) in [6.45, 7) is 4.50. The fourth-order valence-corrected chi connectivity index (χ4v) is 7.49. The Balaban J connectivity index is 1.95. The van der Waals surface area contributed by atoms with Gasteiger partial charge in [0.2, 0.25) is 0 Å². The van der Waals surface area contributed by atoms with Crippen molar-refractivity contribution in [3.05, 3.63) is 41.1 Å². The number of hydrogen-bond acceptors (Lipinski definition) is 3. The molecular formula is C26H36Br2OS2. The van der Waals surface area contributed by atoms with Crippen molar-refractivity contribution in [2.24, 2.45) is 5.92 Å². The Labute approximate surface area is 214 Å². The van der Waals surface area contributed by atoms with Crippen molar-refractivity contribution in [1.82, 2.24) is 0 Å². The average Bonchev–Trinajstić information content (AvgIpc) is 3.35. The van der Waals surface area contributed by atoms with E-state index in [-0.39, 0.29) is 5.92 Å². The first-order valence-electron chi connectivity index (χ1n) is 11.8. The molecule has 2 aromatic rings. The molecule has 1 atom stereocenters. The summed E-state index contributed by atoms with van der Waals surface area (Å²) >= 11 is 10.4.